The van der Waals surface area contributed by atoms with Crippen molar-refractivity contribution in [3.8, 4) is 0 Å². The Morgan fingerprint density at radius 2 is 1.52 bits per heavy atom. The van der Waals surface area contributed by atoms with Crippen molar-refractivity contribution in [1.82, 2.24) is 0 Å². The average Bonchev–Trinajstić information content (AvgIpc) is 2.90. The molecule has 0 heterocycles. The van der Waals surface area contributed by atoms with Crippen LogP contribution in [-0.4, -0.2) is 22.2 Å². The van der Waals surface area contributed by atoms with Crippen LogP contribution < -0.4 is 0 Å². The predicted octanol–water partition coefficient (Wildman–Crippen LogP) is 3.16. The second-order valence-electron chi connectivity index (χ2n) is 5.24. The van der Waals surface area contributed by atoms with E-state index in [1.807, 2.05) is 18.2 Å². The van der Waals surface area contributed by atoms with Gasteiger partial charge in [0.2, 0.25) is 0 Å². The number of aryl methyl sites for hydroxylation is 1. The summed E-state index contributed by atoms with van der Waals surface area (Å²) >= 11 is 0. The van der Waals surface area contributed by atoms with Crippen molar-refractivity contribution in [2.24, 2.45) is 0 Å². The predicted molar refractivity (Wildman–Crippen MR) is 77.0 cm³/mol. The summed E-state index contributed by atoms with van der Waals surface area (Å²) in [5, 5.41) is 18.0. The largest absolute Gasteiger partial charge is 0.478 e. The zero-order valence-corrected chi connectivity index (χ0v) is 11.2. The zero-order chi connectivity index (χ0) is 15.0. The van der Waals surface area contributed by atoms with E-state index in [9.17, 15) is 9.59 Å². The highest BCUT2D eigenvalue weighted by molar-refractivity contribution is 5.88. The van der Waals surface area contributed by atoms with Crippen LogP contribution in [0, 0.1) is 0 Å². The van der Waals surface area contributed by atoms with Crippen molar-refractivity contribution in [3.05, 3.63) is 70.3 Å². The van der Waals surface area contributed by atoms with Crippen LogP contribution in [0.5, 0.6) is 0 Å². The number of hydrogen-bond donors (Lipinski definition) is 2. The minimum Gasteiger partial charge on any atom is -0.478 e. The van der Waals surface area contributed by atoms with E-state index in [4.69, 9.17) is 10.2 Å². The molecule has 0 aliphatic heterocycles. The van der Waals surface area contributed by atoms with Gasteiger partial charge in [0.15, 0.2) is 0 Å². The van der Waals surface area contributed by atoms with Gasteiger partial charge in [-0.25, -0.2) is 9.59 Å². The quantitative estimate of drug-likeness (QED) is 0.906. The van der Waals surface area contributed by atoms with Crippen molar-refractivity contribution >= 4 is 11.9 Å². The highest BCUT2D eigenvalue weighted by Crippen LogP contribution is 2.38. The second kappa shape index (κ2) is 5.05. The van der Waals surface area contributed by atoms with Gasteiger partial charge in [-0.05, 0) is 53.8 Å². The van der Waals surface area contributed by atoms with Crippen LogP contribution in [0.25, 0.3) is 0 Å². The number of carbonyl (C=O) groups is 2. The molecule has 0 spiro atoms. The van der Waals surface area contributed by atoms with Gasteiger partial charge < -0.3 is 10.2 Å². The Labute approximate surface area is 121 Å². The zero-order valence-electron chi connectivity index (χ0n) is 11.2. The molecule has 0 bridgehead atoms. The van der Waals surface area contributed by atoms with E-state index >= 15 is 0 Å². The summed E-state index contributed by atoms with van der Waals surface area (Å²) in [6, 6.07) is 12.2. The highest BCUT2D eigenvalue weighted by Gasteiger charge is 2.24. The molecule has 1 unspecified atom stereocenters. The lowest BCUT2D eigenvalue weighted by Crippen LogP contribution is -2.01. The number of benzene rings is 2. The first-order valence-corrected chi connectivity index (χ1v) is 6.75. The number of hydrogen-bond acceptors (Lipinski definition) is 2. The summed E-state index contributed by atoms with van der Waals surface area (Å²) in [6.07, 6.45) is 1.77. The van der Waals surface area contributed by atoms with Gasteiger partial charge in [0.05, 0.1) is 11.1 Å². The van der Waals surface area contributed by atoms with Crippen molar-refractivity contribution < 1.29 is 19.8 Å². The number of rotatable bonds is 3. The van der Waals surface area contributed by atoms with Gasteiger partial charge in [0.25, 0.3) is 0 Å². The van der Waals surface area contributed by atoms with Crippen LogP contribution >= 0.6 is 0 Å². The van der Waals surface area contributed by atoms with E-state index in [-0.39, 0.29) is 11.5 Å². The highest BCUT2D eigenvalue weighted by atomic mass is 16.4. The average molecular weight is 282 g/mol. The number of carboxylic acids is 2. The third-order valence-electron chi connectivity index (χ3n) is 4.03. The molecule has 4 heteroatoms. The first-order valence-electron chi connectivity index (χ1n) is 6.75. The minimum absolute atomic E-state index is 0.214. The van der Waals surface area contributed by atoms with Crippen LogP contribution in [0.4, 0.5) is 0 Å². The molecule has 21 heavy (non-hydrogen) atoms. The van der Waals surface area contributed by atoms with Gasteiger partial charge in [-0.15, -0.1) is 0 Å². The summed E-state index contributed by atoms with van der Waals surface area (Å²) < 4.78 is 0. The van der Waals surface area contributed by atoms with Crippen molar-refractivity contribution in [3.63, 3.8) is 0 Å². The third kappa shape index (κ3) is 2.40. The van der Waals surface area contributed by atoms with E-state index in [0.717, 1.165) is 29.5 Å². The van der Waals surface area contributed by atoms with Gasteiger partial charge in [0, 0.05) is 5.92 Å². The second-order valence-corrected chi connectivity index (χ2v) is 5.24. The fraction of sp³-hybridized carbons (Fsp3) is 0.176. The lowest BCUT2D eigenvalue weighted by molar-refractivity contribution is 0.0686. The SMILES string of the molecule is O=C(O)c1ccc(C2CCc3cc(C(=O)O)ccc32)cc1. The molecular weight excluding hydrogens is 268 g/mol. The maximum Gasteiger partial charge on any atom is 0.335 e. The van der Waals surface area contributed by atoms with Crippen LogP contribution in [0.15, 0.2) is 42.5 Å². The smallest absolute Gasteiger partial charge is 0.335 e. The maximum absolute atomic E-state index is 11.0. The van der Waals surface area contributed by atoms with E-state index in [0.29, 0.717) is 5.56 Å². The number of aromatic carboxylic acids is 2. The first-order chi connectivity index (χ1) is 10.1. The Morgan fingerprint density at radius 1 is 0.905 bits per heavy atom. The van der Waals surface area contributed by atoms with E-state index in [1.165, 1.54) is 0 Å². The van der Waals surface area contributed by atoms with Crippen LogP contribution in [0.3, 0.4) is 0 Å². The molecule has 1 atom stereocenters. The standard InChI is InChI=1S/C17H14O4/c18-16(19)11-3-1-10(2-4-11)14-7-5-12-9-13(17(20)21)6-8-15(12)14/h1-4,6,8-9,14H,5,7H2,(H,18,19)(H,20,21). The molecule has 0 aromatic heterocycles. The molecule has 0 amide bonds. The van der Waals surface area contributed by atoms with Crippen LogP contribution in [-0.2, 0) is 6.42 Å². The number of fused-ring (bicyclic) bond motifs is 1. The molecule has 0 radical (unpaired) electrons. The summed E-state index contributed by atoms with van der Waals surface area (Å²) in [5.41, 5.74) is 3.88. The summed E-state index contributed by atoms with van der Waals surface area (Å²) in [6.45, 7) is 0. The Bertz CT molecular complexity index is 716. The molecular formula is C17H14O4. The van der Waals surface area contributed by atoms with Crippen LogP contribution in [0.2, 0.25) is 0 Å². The monoisotopic (exact) mass is 282 g/mol. The lowest BCUT2D eigenvalue weighted by Gasteiger charge is -2.12. The van der Waals surface area contributed by atoms with Gasteiger partial charge >= 0.3 is 11.9 Å². The lowest BCUT2D eigenvalue weighted by atomic mass is 9.92. The van der Waals surface area contributed by atoms with Gasteiger partial charge in [-0.3, -0.25) is 0 Å². The molecule has 1 aliphatic rings. The molecule has 4 nitrogen and oxygen atoms in total. The molecule has 0 saturated heterocycles. The van der Waals surface area contributed by atoms with E-state index in [2.05, 4.69) is 0 Å². The molecule has 1 aliphatic carbocycles. The Morgan fingerprint density at radius 3 is 2.14 bits per heavy atom. The van der Waals surface area contributed by atoms with Crippen LogP contribution in [0.1, 0.15) is 49.7 Å². The fourth-order valence-corrected chi connectivity index (χ4v) is 2.95. The van der Waals surface area contributed by atoms with Crippen molar-refractivity contribution in [2.45, 2.75) is 18.8 Å². The summed E-state index contributed by atoms with van der Waals surface area (Å²) in [5.74, 6) is -1.63. The minimum atomic E-state index is -0.931. The molecule has 2 aromatic carbocycles. The molecule has 3 rings (SSSR count). The summed E-state index contributed by atoms with van der Waals surface area (Å²) in [4.78, 5) is 21.9. The van der Waals surface area contributed by atoms with Gasteiger partial charge in [0.1, 0.15) is 0 Å². The van der Waals surface area contributed by atoms with Gasteiger partial charge in [-0.2, -0.15) is 0 Å². The fourth-order valence-electron chi connectivity index (χ4n) is 2.95. The summed E-state index contributed by atoms with van der Waals surface area (Å²) in [7, 11) is 0. The molecule has 2 N–H and O–H groups in total. The maximum atomic E-state index is 11.0. The molecule has 0 saturated carbocycles. The Hall–Kier alpha value is -2.62. The third-order valence-corrected chi connectivity index (χ3v) is 4.03. The normalized spacial score (nSPS) is 16.5. The topological polar surface area (TPSA) is 74.6 Å². The molecule has 106 valence electrons. The van der Waals surface area contributed by atoms with E-state index in [1.54, 1.807) is 24.3 Å². The Balaban J connectivity index is 1.93. The van der Waals surface area contributed by atoms with Crippen molar-refractivity contribution in [2.75, 3.05) is 0 Å². The van der Waals surface area contributed by atoms with Gasteiger partial charge in [-0.1, -0.05) is 18.2 Å². The van der Waals surface area contributed by atoms with E-state index < -0.39 is 11.9 Å². The Kier molecular flexibility index (Phi) is 3.22. The first kappa shape index (κ1) is 13.4. The van der Waals surface area contributed by atoms with Crippen molar-refractivity contribution in [1.29, 1.82) is 0 Å². The number of carboxylic acid groups (broad SMARTS) is 2. The molecule has 0 fully saturated rings. The molecule has 2 aromatic rings.